The normalized spacial score (nSPS) is 10.4. The SMILES string of the molecule is CCc1ccc(OC)c(-c2nc(NN)[nH]c2C)c1. The van der Waals surface area contributed by atoms with Gasteiger partial charge < -0.3 is 9.72 Å². The molecular formula is C13H18N4O. The number of hydrogen-bond acceptors (Lipinski definition) is 4. The molecule has 0 unspecified atom stereocenters. The molecule has 1 aromatic carbocycles. The van der Waals surface area contributed by atoms with Crippen LogP contribution in [-0.4, -0.2) is 17.1 Å². The van der Waals surface area contributed by atoms with E-state index in [2.05, 4.69) is 34.5 Å². The molecule has 0 saturated carbocycles. The lowest BCUT2D eigenvalue weighted by Crippen LogP contribution is -2.07. The molecule has 1 heterocycles. The van der Waals surface area contributed by atoms with E-state index in [1.807, 2.05) is 13.0 Å². The third-order valence-electron chi connectivity index (χ3n) is 2.95. The summed E-state index contributed by atoms with van der Waals surface area (Å²) in [6.45, 7) is 4.08. The molecule has 2 rings (SSSR count). The Morgan fingerprint density at radius 3 is 2.78 bits per heavy atom. The van der Waals surface area contributed by atoms with E-state index in [-0.39, 0.29) is 0 Å². The van der Waals surface area contributed by atoms with E-state index in [0.717, 1.165) is 29.1 Å². The molecule has 18 heavy (non-hydrogen) atoms. The topological polar surface area (TPSA) is 76.0 Å². The third-order valence-corrected chi connectivity index (χ3v) is 2.95. The molecule has 1 aromatic heterocycles. The molecule has 5 heteroatoms. The van der Waals surface area contributed by atoms with Crippen molar-refractivity contribution in [2.75, 3.05) is 12.5 Å². The van der Waals surface area contributed by atoms with Gasteiger partial charge in [0.2, 0.25) is 5.95 Å². The number of hydrogen-bond donors (Lipinski definition) is 3. The molecule has 5 nitrogen and oxygen atoms in total. The molecule has 2 aromatic rings. The number of nitrogens with zero attached hydrogens (tertiary/aromatic N) is 1. The number of ether oxygens (including phenoxy) is 1. The minimum absolute atomic E-state index is 0.548. The Hall–Kier alpha value is -2.01. The van der Waals surface area contributed by atoms with Gasteiger partial charge in [-0.2, -0.15) is 0 Å². The van der Waals surface area contributed by atoms with Crippen LogP contribution in [-0.2, 0) is 6.42 Å². The zero-order chi connectivity index (χ0) is 13.1. The number of imidazole rings is 1. The van der Waals surface area contributed by atoms with Gasteiger partial charge in [0.1, 0.15) is 5.75 Å². The molecule has 0 aliphatic heterocycles. The summed E-state index contributed by atoms with van der Waals surface area (Å²) in [5, 5.41) is 0. The number of aromatic nitrogens is 2. The maximum Gasteiger partial charge on any atom is 0.215 e. The number of hydrazine groups is 1. The highest BCUT2D eigenvalue weighted by molar-refractivity contribution is 5.71. The summed E-state index contributed by atoms with van der Waals surface area (Å²) in [6, 6.07) is 6.13. The first-order valence-electron chi connectivity index (χ1n) is 5.90. The number of anilines is 1. The van der Waals surface area contributed by atoms with Gasteiger partial charge >= 0.3 is 0 Å². The standard InChI is InChI=1S/C13H18N4O/c1-4-9-5-6-11(18-3)10(7-9)12-8(2)15-13(16-12)17-14/h5-7H,4,14H2,1-3H3,(H2,15,16,17). The molecular weight excluding hydrogens is 228 g/mol. The Morgan fingerprint density at radius 2 is 2.22 bits per heavy atom. The highest BCUT2D eigenvalue weighted by Crippen LogP contribution is 2.32. The molecule has 96 valence electrons. The van der Waals surface area contributed by atoms with Crippen molar-refractivity contribution < 1.29 is 4.74 Å². The van der Waals surface area contributed by atoms with Crippen molar-refractivity contribution in [2.45, 2.75) is 20.3 Å². The third kappa shape index (κ3) is 2.17. The van der Waals surface area contributed by atoms with Gasteiger partial charge in [0.05, 0.1) is 12.8 Å². The Labute approximate surface area is 106 Å². The number of nitrogens with one attached hydrogen (secondary N) is 2. The second kappa shape index (κ2) is 5.10. The number of nitrogen functional groups attached to an aromatic ring is 1. The fraction of sp³-hybridized carbons (Fsp3) is 0.308. The van der Waals surface area contributed by atoms with Gasteiger partial charge in [-0.3, -0.25) is 5.43 Å². The van der Waals surface area contributed by atoms with Crippen LogP contribution in [0.1, 0.15) is 18.2 Å². The number of benzene rings is 1. The van der Waals surface area contributed by atoms with E-state index in [1.165, 1.54) is 5.56 Å². The molecule has 4 N–H and O–H groups in total. The van der Waals surface area contributed by atoms with E-state index in [4.69, 9.17) is 10.6 Å². The minimum Gasteiger partial charge on any atom is -0.496 e. The Bertz CT molecular complexity index is 548. The predicted molar refractivity (Wildman–Crippen MR) is 72.5 cm³/mol. The van der Waals surface area contributed by atoms with Gasteiger partial charge in [-0.15, -0.1) is 0 Å². The van der Waals surface area contributed by atoms with Crippen molar-refractivity contribution in [1.82, 2.24) is 9.97 Å². The van der Waals surface area contributed by atoms with Gasteiger partial charge in [0.25, 0.3) is 0 Å². The van der Waals surface area contributed by atoms with E-state index in [1.54, 1.807) is 7.11 Å². The minimum atomic E-state index is 0.548. The number of aromatic amines is 1. The molecule has 0 aliphatic rings. The Kier molecular flexibility index (Phi) is 3.53. The lowest BCUT2D eigenvalue weighted by Gasteiger charge is -2.09. The van der Waals surface area contributed by atoms with E-state index in [9.17, 15) is 0 Å². The summed E-state index contributed by atoms with van der Waals surface area (Å²) >= 11 is 0. The molecule has 0 bridgehead atoms. The fourth-order valence-corrected chi connectivity index (χ4v) is 1.95. The quantitative estimate of drug-likeness (QED) is 0.571. The van der Waals surface area contributed by atoms with Gasteiger partial charge in [-0.1, -0.05) is 13.0 Å². The largest absolute Gasteiger partial charge is 0.496 e. The summed E-state index contributed by atoms with van der Waals surface area (Å²) in [4.78, 5) is 7.49. The van der Waals surface area contributed by atoms with Crippen LogP contribution in [0.5, 0.6) is 5.75 Å². The van der Waals surface area contributed by atoms with Crippen LogP contribution in [0.4, 0.5) is 5.95 Å². The average Bonchev–Trinajstić information content (AvgIpc) is 2.79. The first kappa shape index (κ1) is 12.4. The van der Waals surface area contributed by atoms with Crippen LogP contribution < -0.4 is 16.0 Å². The fourth-order valence-electron chi connectivity index (χ4n) is 1.95. The zero-order valence-corrected chi connectivity index (χ0v) is 10.9. The summed E-state index contributed by atoms with van der Waals surface area (Å²) in [5.74, 6) is 6.72. The summed E-state index contributed by atoms with van der Waals surface area (Å²) < 4.78 is 5.39. The molecule has 0 radical (unpaired) electrons. The number of rotatable bonds is 4. The first-order chi connectivity index (χ1) is 8.69. The molecule has 0 spiro atoms. The molecule has 0 saturated heterocycles. The number of nitrogens with two attached hydrogens (primary N) is 1. The van der Waals surface area contributed by atoms with E-state index in [0.29, 0.717) is 5.95 Å². The van der Waals surface area contributed by atoms with Crippen LogP contribution >= 0.6 is 0 Å². The summed E-state index contributed by atoms with van der Waals surface area (Å²) in [7, 11) is 1.66. The van der Waals surface area contributed by atoms with Crippen molar-refractivity contribution in [2.24, 2.45) is 5.84 Å². The smallest absolute Gasteiger partial charge is 0.215 e. The van der Waals surface area contributed by atoms with Crippen molar-refractivity contribution in [1.29, 1.82) is 0 Å². The second-order valence-corrected chi connectivity index (χ2v) is 4.09. The highest BCUT2D eigenvalue weighted by Gasteiger charge is 2.13. The lowest BCUT2D eigenvalue weighted by molar-refractivity contribution is 0.416. The number of methoxy groups -OCH3 is 1. The molecule has 0 fully saturated rings. The van der Waals surface area contributed by atoms with E-state index < -0.39 is 0 Å². The summed E-state index contributed by atoms with van der Waals surface area (Å²) in [5.41, 5.74) is 6.55. The van der Waals surface area contributed by atoms with Crippen molar-refractivity contribution in [3.63, 3.8) is 0 Å². The average molecular weight is 246 g/mol. The second-order valence-electron chi connectivity index (χ2n) is 4.09. The van der Waals surface area contributed by atoms with E-state index >= 15 is 0 Å². The Morgan fingerprint density at radius 1 is 1.44 bits per heavy atom. The van der Waals surface area contributed by atoms with Crippen LogP contribution in [0, 0.1) is 6.92 Å². The first-order valence-corrected chi connectivity index (χ1v) is 5.90. The van der Waals surface area contributed by atoms with Crippen molar-refractivity contribution in [3.05, 3.63) is 29.5 Å². The van der Waals surface area contributed by atoms with Crippen LogP contribution in [0.3, 0.4) is 0 Å². The Balaban J connectivity index is 2.56. The van der Waals surface area contributed by atoms with Gasteiger partial charge in [-0.05, 0) is 31.0 Å². The number of aryl methyl sites for hydroxylation is 2. The van der Waals surface area contributed by atoms with Crippen molar-refractivity contribution in [3.8, 4) is 17.0 Å². The summed E-state index contributed by atoms with van der Waals surface area (Å²) in [6.07, 6.45) is 0.975. The van der Waals surface area contributed by atoms with Crippen LogP contribution in [0.25, 0.3) is 11.3 Å². The molecule has 0 aliphatic carbocycles. The van der Waals surface area contributed by atoms with Gasteiger partial charge in [0, 0.05) is 11.3 Å². The van der Waals surface area contributed by atoms with Crippen LogP contribution in [0.15, 0.2) is 18.2 Å². The monoisotopic (exact) mass is 246 g/mol. The zero-order valence-electron chi connectivity index (χ0n) is 10.9. The van der Waals surface area contributed by atoms with Crippen molar-refractivity contribution >= 4 is 5.95 Å². The molecule has 0 atom stereocenters. The van der Waals surface area contributed by atoms with Gasteiger partial charge in [-0.25, -0.2) is 10.8 Å². The maximum atomic E-state index is 5.39. The van der Waals surface area contributed by atoms with Gasteiger partial charge in [0.15, 0.2) is 0 Å². The maximum absolute atomic E-state index is 5.39. The number of H-pyrrole nitrogens is 1. The van der Waals surface area contributed by atoms with Crippen LogP contribution in [0.2, 0.25) is 0 Å². The predicted octanol–water partition coefficient (Wildman–Crippen LogP) is 2.24. The molecule has 0 amide bonds. The lowest BCUT2D eigenvalue weighted by atomic mass is 10.0. The highest BCUT2D eigenvalue weighted by atomic mass is 16.5.